The molecule has 0 aromatic rings. The quantitative estimate of drug-likeness (QED) is 0.838. The molecule has 1 heterocycles. The van der Waals surface area contributed by atoms with Crippen LogP contribution in [-0.4, -0.2) is 52.1 Å². The van der Waals surface area contributed by atoms with Gasteiger partial charge in [-0.3, -0.25) is 0 Å². The number of aliphatic carboxylic acids is 1. The van der Waals surface area contributed by atoms with E-state index in [2.05, 4.69) is 11.6 Å². The summed E-state index contributed by atoms with van der Waals surface area (Å²) in [6, 6.07) is -0.686. The number of nitrogens with zero attached hydrogens (tertiary/aromatic N) is 1. The molecule has 4 unspecified atom stereocenters. The molecule has 6 heteroatoms. The zero-order chi connectivity index (χ0) is 14.7. The van der Waals surface area contributed by atoms with E-state index in [9.17, 15) is 14.7 Å². The highest BCUT2D eigenvalue weighted by Gasteiger charge is 2.36. The van der Waals surface area contributed by atoms with Crippen molar-refractivity contribution >= 4 is 23.8 Å². The lowest BCUT2D eigenvalue weighted by Crippen LogP contribution is -2.55. The van der Waals surface area contributed by atoms with Crippen molar-refractivity contribution in [1.29, 1.82) is 0 Å². The molecular formula is C14H24N2O3S. The third-order valence-corrected chi connectivity index (χ3v) is 5.64. The van der Waals surface area contributed by atoms with E-state index in [0.717, 1.165) is 25.7 Å². The van der Waals surface area contributed by atoms with Gasteiger partial charge in [0, 0.05) is 17.8 Å². The maximum atomic E-state index is 12.4. The Morgan fingerprint density at radius 2 is 2.05 bits per heavy atom. The van der Waals surface area contributed by atoms with Crippen LogP contribution in [0.25, 0.3) is 0 Å². The number of rotatable bonds is 3. The number of carbonyl (C=O) groups excluding carboxylic acids is 1. The lowest BCUT2D eigenvalue weighted by molar-refractivity contribution is -0.143. The third kappa shape index (κ3) is 3.40. The van der Waals surface area contributed by atoms with Gasteiger partial charge < -0.3 is 15.3 Å². The average molecular weight is 300 g/mol. The molecule has 2 rings (SSSR count). The summed E-state index contributed by atoms with van der Waals surface area (Å²) in [5.41, 5.74) is 0. The fraction of sp³-hybridized carbons (Fsp3) is 0.857. The summed E-state index contributed by atoms with van der Waals surface area (Å²) in [6.45, 7) is 2.59. The first kappa shape index (κ1) is 15.5. The van der Waals surface area contributed by atoms with Crippen LogP contribution in [-0.2, 0) is 4.79 Å². The lowest BCUT2D eigenvalue weighted by atomic mass is 9.93. The number of carbonyl (C=O) groups is 2. The molecule has 0 aromatic heterocycles. The highest BCUT2D eigenvalue weighted by Crippen LogP contribution is 2.29. The van der Waals surface area contributed by atoms with Gasteiger partial charge in [-0.05, 0) is 37.9 Å². The summed E-state index contributed by atoms with van der Waals surface area (Å²) in [4.78, 5) is 25.2. The van der Waals surface area contributed by atoms with Gasteiger partial charge in [0.15, 0.2) is 0 Å². The van der Waals surface area contributed by atoms with Gasteiger partial charge in [0.1, 0.15) is 6.04 Å². The topological polar surface area (TPSA) is 69.6 Å². The first-order valence-corrected chi connectivity index (χ1v) is 8.64. The molecule has 114 valence electrons. The number of carboxylic acids is 1. The second-order valence-electron chi connectivity index (χ2n) is 5.94. The van der Waals surface area contributed by atoms with Crippen LogP contribution in [0, 0.1) is 5.92 Å². The molecule has 0 radical (unpaired) electrons. The maximum absolute atomic E-state index is 12.4. The Bertz CT molecular complexity index is 377. The molecular weight excluding hydrogens is 276 g/mol. The predicted molar refractivity (Wildman–Crippen MR) is 80.0 cm³/mol. The third-order valence-electron chi connectivity index (χ3n) is 4.47. The van der Waals surface area contributed by atoms with E-state index < -0.39 is 12.0 Å². The van der Waals surface area contributed by atoms with Crippen LogP contribution in [0.2, 0.25) is 0 Å². The van der Waals surface area contributed by atoms with Crippen molar-refractivity contribution in [3.05, 3.63) is 0 Å². The van der Waals surface area contributed by atoms with Crippen LogP contribution in [0.1, 0.15) is 39.0 Å². The number of amides is 2. The maximum Gasteiger partial charge on any atom is 0.326 e. The Morgan fingerprint density at radius 1 is 1.30 bits per heavy atom. The number of hydrogen-bond donors (Lipinski definition) is 2. The van der Waals surface area contributed by atoms with E-state index in [-0.39, 0.29) is 12.1 Å². The molecule has 1 aliphatic heterocycles. The molecule has 4 atom stereocenters. The Morgan fingerprint density at radius 3 is 2.70 bits per heavy atom. The fourth-order valence-electron chi connectivity index (χ4n) is 3.23. The number of piperidine rings is 1. The minimum Gasteiger partial charge on any atom is -0.480 e. The summed E-state index contributed by atoms with van der Waals surface area (Å²) < 4.78 is 0. The van der Waals surface area contributed by atoms with Crippen molar-refractivity contribution in [2.45, 2.75) is 56.4 Å². The average Bonchev–Trinajstić information content (AvgIpc) is 2.85. The predicted octanol–water partition coefficient (Wildman–Crippen LogP) is 2.17. The normalized spacial score (nSPS) is 34.0. The van der Waals surface area contributed by atoms with Crippen LogP contribution >= 0.6 is 11.8 Å². The molecule has 0 bridgehead atoms. The van der Waals surface area contributed by atoms with Crippen molar-refractivity contribution in [2.24, 2.45) is 5.92 Å². The SMILES string of the molecule is CSC1CCCC1NC(=O)N1CCC(C)CC1C(=O)O. The minimum atomic E-state index is -0.889. The number of carboxylic acid groups (broad SMARTS) is 1. The Labute approximate surface area is 124 Å². The van der Waals surface area contributed by atoms with Gasteiger partial charge in [-0.15, -0.1) is 0 Å². The van der Waals surface area contributed by atoms with Gasteiger partial charge in [-0.2, -0.15) is 11.8 Å². The van der Waals surface area contributed by atoms with Crippen molar-refractivity contribution in [3.63, 3.8) is 0 Å². The molecule has 2 amide bonds. The Hall–Kier alpha value is -0.910. The highest BCUT2D eigenvalue weighted by atomic mass is 32.2. The van der Waals surface area contributed by atoms with E-state index in [1.807, 2.05) is 6.92 Å². The van der Waals surface area contributed by atoms with Gasteiger partial charge in [-0.1, -0.05) is 13.3 Å². The van der Waals surface area contributed by atoms with Gasteiger partial charge in [0.2, 0.25) is 0 Å². The van der Waals surface area contributed by atoms with Crippen LogP contribution in [0.3, 0.4) is 0 Å². The van der Waals surface area contributed by atoms with E-state index in [1.165, 1.54) is 4.90 Å². The van der Waals surface area contributed by atoms with Crippen LogP contribution < -0.4 is 5.32 Å². The number of hydrogen-bond acceptors (Lipinski definition) is 3. The standard InChI is InChI=1S/C14H24N2O3S/c1-9-6-7-16(11(8-9)13(17)18)14(19)15-10-4-3-5-12(10)20-2/h9-12H,3-8H2,1-2H3,(H,15,19)(H,17,18). The van der Waals surface area contributed by atoms with Gasteiger partial charge in [0.25, 0.3) is 0 Å². The van der Waals surface area contributed by atoms with Crippen molar-refractivity contribution in [2.75, 3.05) is 12.8 Å². The molecule has 2 N–H and O–H groups in total. The summed E-state index contributed by atoms with van der Waals surface area (Å²) in [6.07, 6.45) is 6.77. The molecule has 1 saturated heterocycles. The molecule has 20 heavy (non-hydrogen) atoms. The summed E-state index contributed by atoms with van der Waals surface area (Å²) in [7, 11) is 0. The summed E-state index contributed by atoms with van der Waals surface area (Å²) in [5, 5.41) is 12.8. The van der Waals surface area contributed by atoms with Gasteiger partial charge in [0.05, 0.1) is 0 Å². The molecule has 1 saturated carbocycles. The van der Waals surface area contributed by atoms with Crippen molar-refractivity contribution < 1.29 is 14.7 Å². The number of urea groups is 1. The number of thioether (sulfide) groups is 1. The monoisotopic (exact) mass is 300 g/mol. The summed E-state index contributed by atoms with van der Waals surface area (Å²) >= 11 is 1.79. The lowest BCUT2D eigenvalue weighted by Gasteiger charge is -2.37. The molecule has 1 aliphatic carbocycles. The van der Waals surface area contributed by atoms with Crippen LogP contribution in [0.4, 0.5) is 4.79 Å². The van der Waals surface area contributed by atoms with Crippen LogP contribution in [0.5, 0.6) is 0 Å². The van der Waals surface area contributed by atoms with Crippen molar-refractivity contribution in [3.8, 4) is 0 Å². The minimum absolute atomic E-state index is 0.186. The largest absolute Gasteiger partial charge is 0.480 e. The van der Waals surface area contributed by atoms with E-state index >= 15 is 0 Å². The van der Waals surface area contributed by atoms with E-state index in [0.29, 0.717) is 24.1 Å². The Kier molecular flexibility index (Phi) is 5.18. The fourth-order valence-corrected chi connectivity index (χ4v) is 4.17. The zero-order valence-electron chi connectivity index (χ0n) is 12.2. The summed E-state index contributed by atoms with van der Waals surface area (Å²) in [5.74, 6) is -0.523. The first-order valence-electron chi connectivity index (χ1n) is 7.35. The van der Waals surface area contributed by atoms with E-state index in [4.69, 9.17) is 0 Å². The smallest absolute Gasteiger partial charge is 0.326 e. The molecule has 0 aromatic carbocycles. The molecule has 2 fully saturated rings. The number of likely N-dealkylation sites (tertiary alicyclic amines) is 1. The van der Waals surface area contributed by atoms with Crippen molar-refractivity contribution in [1.82, 2.24) is 10.2 Å². The molecule has 5 nitrogen and oxygen atoms in total. The second kappa shape index (κ2) is 6.70. The first-order chi connectivity index (χ1) is 9.52. The highest BCUT2D eigenvalue weighted by molar-refractivity contribution is 7.99. The Balaban J connectivity index is 1.98. The zero-order valence-corrected chi connectivity index (χ0v) is 13.0. The van der Waals surface area contributed by atoms with Gasteiger partial charge >= 0.3 is 12.0 Å². The van der Waals surface area contributed by atoms with Gasteiger partial charge in [-0.25, -0.2) is 9.59 Å². The van der Waals surface area contributed by atoms with E-state index in [1.54, 1.807) is 11.8 Å². The number of nitrogens with one attached hydrogen (secondary N) is 1. The van der Waals surface area contributed by atoms with Crippen LogP contribution in [0.15, 0.2) is 0 Å². The second-order valence-corrected chi connectivity index (χ2v) is 7.01. The molecule has 0 spiro atoms. The molecule has 2 aliphatic rings.